The summed E-state index contributed by atoms with van der Waals surface area (Å²) in [6.45, 7) is 4.77. The number of halogens is 1. The van der Waals surface area contributed by atoms with Gasteiger partial charge in [-0.3, -0.25) is 0 Å². The first kappa shape index (κ1) is 12.6. The smallest absolute Gasteiger partial charge is 0.415 e. The third-order valence-electron chi connectivity index (χ3n) is 2.16. The van der Waals surface area contributed by atoms with Gasteiger partial charge in [-0.25, -0.2) is 4.79 Å². The van der Waals surface area contributed by atoms with Crippen LogP contribution >= 0.6 is 11.6 Å². The quantitative estimate of drug-likeness (QED) is 0.888. The van der Waals surface area contributed by atoms with Crippen molar-refractivity contribution in [2.24, 2.45) is 0 Å². The fourth-order valence-corrected chi connectivity index (χ4v) is 1.44. The first-order valence-corrected chi connectivity index (χ1v) is 5.42. The Labute approximate surface area is 99.4 Å². The number of rotatable bonds is 3. The van der Waals surface area contributed by atoms with Gasteiger partial charge < -0.3 is 14.7 Å². The van der Waals surface area contributed by atoms with Crippen LogP contribution < -0.4 is 4.74 Å². The van der Waals surface area contributed by atoms with Crippen molar-refractivity contribution >= 4 is 17.7 Å². The van der Waals surface area contributed by atoms with Gasteiger partial charge in [0.15, 0.2) is 11.5 Å². The van der Waals surface area contributed by atoms with Gasteiger partial charge in [-0.05, 0) is 26.0 Å². The molecule has 16 heavy (non-hydrogen) atoms. The fraction of sp³-hybridized carbons (Fsp3) is 0.364. The molecule has 5 heteroatoms. The van der Waals surface area contributed by atoms with E-state index in [0.29, 0.717) is 13.1 Å². The monoisotopic (exact) mass is 243 g/mol. The summed E-state index contributed by atoms with van der Waals surface area (Å²) in [7, 11) is 0. The molecule has 0 bridgehead atoms. The van der Waals surface area contributed by atoms with E-state index in [9.17, 15) is 9.90 Å². The molecule has 0 aliphatic carbocycles. The van der Waals surface area contributed by atoms with Crippen LogP contribution in [0.25, 0.3) is 0 Å². The molecule has 88 valence electrons. The molecule has 4 nitrogen and oxygen atoms in total. The molecular weight excluding hydrogens is 230 g/mol. The summed E-state index contributed by atoms with van der Waals surface area (Å²) in [4.78, 5) is 13.1. The SMILES string of the molecule is CCN(CC)C(=O)Oc1c(O)cccc1Cl. The lowest BCUT2D eigenvalue weighted by Gasteiger charge is -2.18. The predicted molar refractivity (Wildman–Crippen MR) is 62.1 cm³/mol. The van der Waals surface area contributed by atoms with Gasteiger partial charge in [0.25, 0.3) is 0 Å². The normalized spacial score (nSPS) is 9.94. The van der Waals surface area contributed by atoms with Gasteiger partial charge in [-0.15, -0.1) is 0 Å². The number of aromatic hydroxyl groups is 1. The van der Waals surface area contributed by atoms with Crippen molar-refractivity contribution < 1.29 is 14.6 Å². The Hall–Kier alpha value is -1.42. The molecule has 1 N–H and O–H groups in total. The second-order valence-corrected chi connectivity index (χ2v) is 3.54. The Morgan fingerprint density at radius 2 is 2.06 bits per heavy atom. The number of nitrogens with zero attached hydrogens (tertiary/aromatic N) is 1. The van der Waals surface area contributed by atoms with E-state index in [1.165, 1.54) is 11.0 Å². The number of carbonyl (C=O) groups excluding carboxylic acids is 1. The highest BCUT2D eigenvalue weighted by Crippen LogP contribution is 2.33. The molecule has 0 heterocycles. The third-order valence-corrected chi connectivity index (χ3v) is 2.45. The summed E-state index contributed by atoms with van der Waals surface area (Å²) >= 11 is 5.81. The van der Waals surface area contributed by atoms with Crippen LogP contribution in [0.5, 0.6) is 11.5 Å². The van der Waals surface area contributed by atoms with Gasteiger partial charge in [0.05, 0.1) is 5.02 Å². The molecule has 0 aliphatic heterocycles. The molecule has 0 atom stereocenters. The maximum absolute atomic E-state index is 11.6. The highest BCUT2D eigenvalue weighted by molar-refractivity contribution is 6.32. The van der Waals surface area contributed by atoms with Crippen LogP contribution in [0, 0.1) is 0 Å². The Morgan fingerprint density at radius 3 is 2.56 bits per heavy atom. The molecule has 1 aromatic rings. The molecule has 0 saturated carbocycles. The number of hydrogen-bond acceptors (Lipinski definition) is 3. The van der Waals surface area contributed by atoms with Gasteiger partial charge in [-0.2, -0.15) is 0 Å². The van der Waals surface area contributed by atoms with Gasteiger partial charge >= 0.3 is 6.09 Å². The first-order valence-electron chi connectivity index (χ1n) is 5.04. The molecule has 0 saturated heterocycles. The number of phenolic OH excluding ortho intramolecular Hbond substituents is 1. The lowest BCUT2D eigenvalue weighted by molar-refractivity contribution is 0.155. The molecule has 0 unspecified atom stereocenters. The lowest BCUT2D eigenvalue weighted by atomic mass is 10.3. The molecule has 1 aromatic carbocycles. The Morgan fingerprint density at radius 1 is 1.44 bits per heavy atom. The van der Waals surface area contributed by atoms with Crippen molar-refractivity contribution in [3.8, 4) is 11.5 Å². The zero-order valence-electron chi connectivity index (χ0n) is 9.24. The molecular formula is C11H14ClNO3. The average molecular weight is 244 g/mol. The van der Waals surface area contributed by atoms with Crippen LogP contribution in [-0.2, 0) is 0 Å². The minimum absolute atomic E-state index is 0.000988. The number of benzene rings is 1. The van der Waals surface area contributed by atoms with E-state index in [0.717, 1.165) is 0 Å². The van der Waals surface area contributed by atoms with Crippen molar-refractivity contribution in [1.29, 1.82) is 0 Å². The fourth-order valence-electron chi connectivity index (χ4n) is 1.23. The third kappa shape index (κ3) is 2.79. The van der Waals surface area contributed by atoms with Crippen molar-refractivity contribution in [3.63, 3.8) is 0 Å². The van der Waals surface area contributed by atoms with Gasteiger partial charge in [0.2, 0.25) is 0 Å². The summed E-state index contributed by atoms with van der Waals surface area (Å²) in [5.41, 5.74) is 0. The van der Waals surface area contributed by atoms with Gasteiger partial charge in [0, 0.05) is 13.1 Å². The van der Waals surface area contributed by atoms with E-state index < -0.39 is 6.09 Å². The highest BCUT2D eigenvalue weighted by Gasteiger charge is 2.16. The van der Waals surface area contributed by atoms with Crippen LogP contribution in [0.4, 0.5) is 4.79 Å². The second-order valence-electron chi connectivity index (χ2n) is 3.13. The Kier molecular flexibility index (Phi) is 4.43. The summed E-state index contributed by atoms with van der Waals surface area (Å²) in [6, 6.07) is 4.54. The van der Waals surface area contributed by atoms with E-state index in [4.69, 9.17) is 16.3 Å². The first-order chi connectivity index (χ1) is 7.60. The number of ether oxygens (including phenoxy) is 1. The van der Waals surface area contributed by atoms with Crippen LogP contribution in [0.2, 0.25) is 5.02 Å². The Balaban J connectivity index is 2.84. The number of hydrogen-bond donors (Lipinski definition) is 1. The number of phenols is 1. The molecule has 1 rings (SSSR count). The largest absolute Gasteiger partial charge is 0.504 e. The average Bonchev–Trinajstić information content (AvgIpc) is 2.25. The van der Waals surface area contributed by atoms with E-state index in [-0.39, 0.29) is 16.5 Å². The minimum Gasteiger partial charge on any atom is -0.504 e. The second kappa shape index (κ2) is 5.61. The summed E-state index contributed by atoms with van der Waals surface area (Å²) in [5.74, 6) is -0.144. The zero-order valence-corrected chi connectivity index (χ0v) is 9.99. The zero-order chi connectivity index (χ0) is 12.1. The number of carbonyl (C=O) groups is 1. The molecule has 0 fully saturated rings. The van der Waals surface area contributed by atoms with E-state index in [1.807, 2.05) is 13.8 Å². The molecule has 0 aromatic heterocycles. The standard InChI is InChI=1S/C11H14ClNO3/c1-3-13(4-2)11(15)16-10-8(12)6-5-7-9(10)14/h5-7,14H,3-4H2,1-2H3. The maximum atomic E-state index is 11.6. The topological polar surface area (TPSA) is 49.8 Å². The molecule has 1 amide bonds. The minimum atomic E-state index is -0.520. The maximum Gasteiger partial charge on any atom is 0.415 e. The highest BCUT2D eigenvalue weighted by atomic mass is 35.5. The van der Waals surface area contributed by atoms with E-state index in [1.54, 1.807) is 12.1 Å². The van der Waals surface area contributed by atoms with E-state index >= 15 is 0 Å². The van der Waals surface area contributed by atoms with Crippen molar-refractivity contribution in [3.05, 3.63) is 23.2 Å². The molecule has 0 spiro atoms. The van der Waals surface area contributed by atoms with Crippen molar-refractivity contribution in [2.45, 2.75) is 13.8 Å². The van der Waals surface area contributed by atoms with Gasteiger partial charge in [-0.1, -0.05) is 17.7 Å². The Bertz CT molecular complexity index is 357. The number of amides is 1. The lowest BCUT2D eigenvalue weighted by Crippen LogP contribution is -2.33. The predicted octanol–water partition coefficient (Wildman–Crippen LogP) is 2.89. The summed E-state index contributed by atoms with van der Waals surface area (Å²) < 4.78 is 5.02. The summed E-state index contributed by atoms with van der Waals surface area (Å²) in [6.07, 6.45) is -0.520. The van der Waals surface area contributed by atoms with E-state index in [2.05, 4.69) is 0 Å². The molecule has 0 radical (unpaired) electrons. The number of para-hydroxylation sites is 1. The van der Waals surface area contributed by atoms with Crippen LogP contribution in [-0.4, -0.2) is 29.2 Å². The van der Waals surface area contributed by atoms with Crippen molar-refractivity contribution in [1.82, 2.24) is 4.90 Å². The summed E-state index contributed by atoms with van der Waals surface area (Å²) in [5, 5.41) is 9.70. The van der Waals surface area contributed by atoms with Gasteiger partial charge in [0.1, 0.15) is 0 Å². The van der Waals surface area contributed by atoms with Crippen molar-refractivity contribution in [2.75, 3.05) is 13.1 Å². The van der Waals surface area contributed by atoms with Crippen LogP contribution in [0.3, 0.4) is 0 Å². The van der Waals surface area contributed by atoms with Crippen LogP contribution in [0.1, 0.15) is 13.8 Å². The van der Waals surface area contributed by atoms with Crippen LogP contribution in [0.15, 0.2) is 18.2 Å². The molecule has 0 aliphatic rings.